The Hall–Kier alpha value is -3.23. The quantitative estimate of drug-likeness (QED) is 0.725. The molecule has 2 aromatic rings. The first-order chi connectivity index (χ1) is 13.2. The smallest absolute Gasteiger partial charge is 0.416 e. The molecule has 2 aromatic carbocycles. The molecule has 0 radical (unpaired) electrons. The fraction of sp³-hybridized carbons (Fsp3) is 0.263. The van der Waals surface area contributed by atoms with E-state index in [1.165, 1.54) is 14.2 Å². The average Bonchev–Trinajstić information content (AvgIpc) is 2.66. The molecule has 0 aromatic heterocycles. The fourth-order valence-corrected chi connectivity index (χ4v) is 2.29. The molecule has 0 saturated carbocycles. The van der Waals surface area contributed by atoms with Gasteiger partial charge in [0.15, 0.2) is 18.1 Å². The zero-order valence-corrected chi connectivity index (χ0v) is 15.1. The number of esters is 1. The molecule has 0 atom stereocenters. The summed E-state index contributed by atoms with van der Waals surface area (Å²) in [5.74, 6) is -0.349. The third-order valence-corrected chi connectivity index (χ3v) is 3.66. The van der Waals surface area contributed by atoms with E-state index < -0.39 is 30.2 Å². The van der Waals surface area contributed by atoms with Gasteiger partial charge in [-0.15, -0.1) is 0 Å². The molecule has 0 aliphatic rings. The Labute approximate surface area is 159 Å². The van der Waals surface area contributed by atoms with Crippen molar-refractivity contribution in [3.63, 3.8) is 0 Å². The predicted molar refractivity (Wildman–Crippen MR) is 94.3 cm³/mol. The third kappa shape index (κ3) is 5.90. The van der Waals surface area contributed by atoms with Crippen molar-refractivity contribution in [1.29, 1.82) is 0 Å². The number of hydrogen-bond acceptors (Lipinski definition) is 5. The predicted octanol–water partition coefficient (Wildman–Crippen LogP) is 3.45. The minimum atomic E-state index is -4.46. The second-order valence-corrected chi connectivity index (χ2v) is 5.65. The van der Waals surface area contributed by atoms with E-state index in [2.05, 4.69) is 5.32 Å². The molecular weight excluding hydrogens is 379 g/mol. The number of halogens is 3. The highest BCUT2D eigenvalue weighted by Gasteiger charge is 2.30. The molecule has 0 unspecified atom stereocenters. The van der Waals surface area contributed by atoms with Crippen molar-refractivity contribution in [2.75, 3.05) is 26.1 Å². The Morgan fingerprint density at radius 1 is 0.964 bits per heavy atom. The number of rotatable bonds is 7. The van der Waals surface area contributed by atoms with Gasteiger partial charge in [0.25, 0.3) is 5.91 Å². The summed E-state index contributed by atoms with van der Waals surface area (Å²) < 4.78 is 52.6. The van der Waals surface area contributed by atoms with Gasteiger partial charge in [-0.1, -0.05) is 6.07 Å². The van der Waals surface area contributed by atoms with Crippen LogP contribution in [-0.4, -0.2) is 32.7 Å². The highest BCUT2D eigenvalue weighted by atomic mass is 19.4. The number of hydrogen-bond donors (Lipinski definition) is 1. The van der Waals surface area contributed by atoms with Crippen molar-refractivity contribution in [2.24, 2.45) is 0 Å². The van der Waals surface area contributed by atoms with Crippen LogP contribution in [0.15, 0.2) is 42.5 Å². The highest BCUT2D eigenvalue weighted by molar-refractivity contribution is 5.92. The summed E-state index contributed by atoms with van der Waals surface area (Å²) >= 11 is 0. The van der Waals surface area contributed by atoms with Crippen molar-refractivity contribution in [1.82, 2.24) is 0 Å². The second-order valence-electron chi connectivity index (χ2n) is 5.65. The van der Waals surface area contributed by atoms with Crippen LogP contribution in [0.3, 0.4) is 0 Å². The molecule has 150 valence electrons. The molecule has 0 aliphatic heterocycles. The number of ether oxygens (including phenoxy) is 3. The van der Waals surface area contributed by atoms with Crippen LogP contribution in [0.4, 0.5) is 18.9 Å². The van der Waals surface area contributed by atoms with E-state index >= 15 is 0 Å². The van der Waals surface area contributed by atoms with E-state index in [1.807, 2.05) is 0 Å². The van der Waals surface area contributed by atoms with Crippen molar-refractivity contribution < 1.29 is 37.0 Å². The lowest BCUT2D eigenvalue weighted by Crippen LogP contribution is -2.21. The first kappa shape index (κ1) is 21.1. The van der Waals surface area contributed by atoms with E-state index in [0.717, 1.165) is 24.3 Å². The summed E-state index contributed by atoms with van der Waals surface area (Å²) in [5, 5.41) is 2.35. The van der Waals surface area contributed by atoms with Crippen molar-refractivity contribution in [2.45, 2.75) is 12.6 Å². The second kappa shape index (κ2) is 9.12. The van der Waals surface area contributed by atoms with Gasteiger partial charge in [-0.3, -0.25) is 9.59 Å². The molecule has 6 nitrogen and oxygen atoms in total. The van der Waals surface area contributed by atoms with Gasteiger partial charge in [-0.25, -0.2) is 0 Å². The summed E-state index contributed by atoms with van der Waals surface area (Å²) in [4.78, 5) is 23.7. The number of amides is 1. The summed E-state index contributed by atoms with van der Waals surface area (Å²) in [7, 11) is 2.95. The highest BCUT2D eigenvalue weighted by Crippen LogP contribution is 2.30. The number of carbonyl (C=O) groups is 2. The summed E-state index contributed by atoms with van der Waals surface area (Å²) in [5.41, 5.74) is -0.0633. The van der Waals surface area contributed by atoms with Crippen LogP contribution in [0.5, 0.6) is 11.5 Å². The van der Waals surface area contributed by atoms with Gasteiger partial charge >= 0.3 is 12.1 Å². The summed E-state index contributed by atoms with van der Waals surface area (Å²) in [6.07, 6.45) is -4.55. The number of benzene rings is 2. The maximum absolute atomic E-state index is 12.5. The van der Waals surface area contributed by atoms with Gasteiger partial charge in [0.05, 0.1) is 26.2 Å². The molecule has 1 amide bonds. The third-order valence-electron chi connectivity index (χ3n) is 3.66. The summed E-state index contributed by atoms with van der Waals surface area (Å²) in [6, 6.07) is 8.84. The fourth-order valence-electron chi connectivity index (χ4n) is 2.29. The van der Waals surface area contributed by atoms with Crippen LogP contribution in [0, 0.1) is 0 Å². The normalized spacial score (nSPS) is 10.9. The maximum atomic E-state index is 12.5. The van der Waals surface area contributed by atoms with E-state index in [1.54, 1.807) is 18.2 Å². The van der Waals surface area contributed by atoms with E-state index in [4.69, 9.17) is 14.2 Å². The van der Waals surface area contributed by atoms with E-state index in [-0.39, 0.29) is 12.1 Å². The van der Waals surface area contributed by atoms with Crippen LogP contribution in [-0.2, 0) is 26.9 Å². The van der Waals surface area contributed by atoms with E-state index in [0.29, 0.717) is 17.1 Å². The molecule has 1 N–H and O–H groups in total. The molecule has 0 aliphatic carbocycles. The van der Waals surface area contributed by atoms with Gasteiger partial charge in [0.2, 0.25) is 0 Å². The Morgan fingerprint density at radius 3 is 2.18 bits per heavy atom. The first-order valence-electron chi connectivity index (χ1n) is 8.06. The van der Waals surface area contributed by atoms with Crippen LogP contribution < -0.4 is 14.8 Å². The largest absolute Gasteiger partial charge is 0.493 e. The molecule has 0 saturated heterocycles. The van der Waals surface area contributed by atoms with Crippen molar-refractivity contribution in [3.8, 4) is 11.5 Å². The number of anilines is 1. The Balaban J connectivity index is 1.84. The standard InChI is InChI=1S/C19H18F3NO5/c1-26-15-8-3-12(9-16(15)27-2)10-18(25)28-11-17(24)23-14-6-4-13(5-7-14)19(20,21)22/h3-9H,10-11H2,1-2H3,(H,23,24). The minimum absolute atomic E-state index is 0.0894. The molecule has 0 fully saturated rings. The van der Waals surface area contributed by atoms with Crippen LogP contribution >= 0.6 is 0 Å². The van der Waals surface area contributed by atoms with Crippen molar-refractivity contribution in [3.05, 3.63) is 53.6 Å². The average molecular weight is 397 g/mol. The zero-order valence-electron chi connectivity index (χ0n) is 15.1. The van der Waals surface area contributed by atoms with E-state index in [9.17, 15) is 22.8 Å². The van der Waals surface area contributed by atoms with Crippen LogP contribution in [0.25, 0.3) is 0 Å². The topological polar surface area (TPSA) is 73.9 Å². The number of alkyl halides is 3. The lowest BCUT2D eigenvalue weighted by atomic mass is 10.1. The lowest BCUT2D eigenvalue weighted by molar-refractivity contribution is -0.146. The minimum Gasteiger partial charge on any atom is -0.493 e. The first-order valence-corrected chi connectivity index (χ1v) is 8.06. The van der Waals surface area contributed by atoms with Crippen LogP contribution in [0.1, 0.15) is 11.1 Å². The molecule has 0 heterocycles. The number of carbonyl (C=O) groups excluding carboxylic acids is 2. The lowest BCUT2D eigenvalue weighted by Gasteiger charge is -2.10. The zero-order chi connectivity index (χ0) is 20.7. The van der Waals surface area contributed by atoms with Gasteiger partial charge in [-0.05, 0) is 42.0 Å². The monoisotopic (exact) mass is 397 g/mol. The Kier molecular flexibility index (Phi) is 6.86. The molecule has 9 heteroatoms. The van der Waals surface area contributed by atoms with Crippen molar-refractivity contribution >= 4 is 17.6 Å². The van der Waals surface area contributed by atoms with Gasteiger partial charge < -0.3 is 19.5 Å². The van der Waals surface area contributed by atoms with Gasteiger partial charge in [0, 0.05) is 5.69 Å². The Bertz CT molecular complexity index is 834. The molecule has 2 rings (SSSR count). The maximum Gasteiger partial charge on any atom is 0.416 e. The molecule has 0 bridgehead atoms. The SMILES string of the molecule is COc1ccc(CC(=O)OCC(=O)Nc2ccc(C(F)(F)F)cc2)cc1OC. The van der Waals surface area contributed by atoms with Gasteiger partial charge in [0.1, 0.15) is 0 Å². The molecule has 0 spiro atoms. The summed E-state index contributed by atoms with van der Waals surface area (Å²) in [6.45, 7) is -0.562. The van der Waals surface area contributed by atoms with Crippen LogP contribution in [0.2, 0.25) is 0 Å². The molecule has 28 heavy (non-hydrogen) atoms. The van der Waals surface area contributed by atoms with Gasteiger partial charge in [-0.2, -0.15) is 13.2 Å². The Morgan fingerprint density at radius 2 is 1.61 bits per heavy atom. The number of methoxy groups -OCH3 is 2. The number of nitrogens with one attached hydrogen (secondary N) is 1. The molecular formula is C19H18F3NO5.